The minimum Gasteiger partial charge on any atom is -0.373 e. The Balaban J connectivity index is 0.000000704. The van der Waals surface area contributed by atoms with Gasteiger partial charge < -0.3 is 5.32 Å². The standard InChI is InChI=1S/C14H14ClN3.C2H6/c1-16-13-11-8-7-10(9-5-3-2-4-6-9)12(11)17-14(15)18-13;1-2/h2-6,10H,7-8H2,1H3,(H,16,17,18);1-2H3. The molecule has 106 valence electrons. The second-order valence-corrected chi connectivity index (χ2v) is 4.80. The van der Waals surface area contributed by atoms with Gasteiger partial charge in [-0.15, -0.1) is 0 Å². The summed E-state index contributed by atoms with van der Waals surface area (Å²) in [6.45, 7) is 4.00. The third-order valence-corrected chi connectivity index (χ3v) is 3.63. The normalized spacial score (nSPS) is 16.1. The predicted octanol–water partition coefficient (Wildman–Crippen LogP) is 4.28. The molecule has 0 bridgehead atoms. The number of aromatic nitrogens is 2. The summed E-state index contributed by atoms with van der Waals surface area (Å²) in [4.78, 5) is 8.67. The lowest BCUT2D eigenvalue weighted by atomic mass is 9.97. The summed E-state index contributed by atoms with van der Waals surface area (Å²) >= 11 is 6.00. The number of hydrogen-bond acceptors (Lipinski definition) is 3. The number of anilines is 1. The van der Waals surface area contributed by atoms with Crippen molar-refractivity contribution in [2.24, 2.45) is 0 Å². The molecule has 2 aromatic rings. The lowest BCUT2D eigenvalue weighted by Gasteiger charge is -2.12. The van der Waals surface area contributed by atoms with Crippen LogP contribution in [0.1, 0.15) is 43.0 Å². The van der Waals surface area contributed by atoms with E-state index < -0.39 is 0 Å². The number of nitrogens with zero attached hydrogens (tertiary/aromatic N) is 2. The van der Waals surface area contributed by atoms with Crippen LogP contribution in [0, 0.1) is 0 Å². The highest BCUT2D eigenvalue weighted by Gasteiger charge is 2.28. The summed E-state index contributed by atoms with van der Waals surface area (Å²) in [6, 6.07) is 10.5. The molecule has 1 aliphatic rings. The van der Waals surface area contributed by atoms with Crippen LogP contribution in [0.5, 0.6) is 0 Å². The minimum atomic E-state index is 0.320. The van der Waals surface area contributed by atoms with Crippen LogP contribution in [0.25, 0.3) is 0 Å². The minimum absolute atomic E-state index is 0.320. The number of rotatable bonds is 2. The van der Waals surface area contributed by atoms with Crippen LogP contribution in [0.4, 0.5) is 5.82 Å². The van der Waals surface area contributed by atoms with Crippen molar-refractivity contribution < 1.29 is 0 Å². The summed E-state index contributed by atoms with van der Waals surface area (Å²) < 4.78 is 0. The van der Waals surface area contributed by atoms with Crippen LogP contribution >= 0.6 is 11.6 Å². The van der Waals surface area contributed by atoms with Gasteiger partial charge in [0.25, 0.3) is 0 Å². The zero-order chi connectivity index (χ0) is 14.5. The van der Waals surface area contributed by atoms with Gasteiger partial charge >= 0.3 is 0 Å². The highest BCUT2D eigenvalue weighted by atomic mass is 35.5. The molecule has 1 unspecified atom stereocenters. The number of halogens is 1. The molecule has 4 heteroatoms. The molecule has 1 atom stereocenters. The Hall–Kier alpha value is -1.61. The molecule has 0 spiro atoms. The Morgan fingerprint density at radius 3 is 2.50 bits per heavy atom. The van der Waals surface area contributed by atoms with Gasteiger partial charge in [0.1, 0.15) is 5.82 Å². The topological polar surface area (TPSA) is 37.8 Å². The largest absolute Gasteiger partial charge is 0.373 e. The number of hydrogen-bond donors (Lipinski definition) is 1. The summed E-state index contributed by atoms with van der Waals surface area (Å²) in [6.07, 6.45) is 2.07. The number of fused-ring (bicyclic) bond motifs is 1. The van der Waals surface area contributed by atoms with Gasteiger partial charge in [0, 0.05) is 18.5 Å². The predicted molar refractivity (Wildman–Crippen MR) is 84.5 cm³/mol. The van der Waals surface area contributed by atoms with Crippen LogP contribution in [-0.4, -0.2) is 17.0 Å². The quantitative estimate of drug-likeness (QED) is 0.839. The van der Waals surface area contributed by atoms with Crippen molar-refractivity contribution in [2.45, 2.75) is 32.6 Å². The van der Waals surface area contributed by atoms with Gasteiger partial charge in [-0.1, -0.05) is 44.2 Å². The molecule has 0 fully saturated rings. The first-order valence-electron chi connectivity index (χ1n) is 7.08. The van der Waals surface area contributed by atoms with Gasteiger partial charge in [0.15, 0.2) is 0 Å². The molecule has 1 aliphatic carbocycles. The molecule has 3 nitrogen and oxygen atoms in total. The molecule has 1 N–H and O–H groups in total. The van der Waals surface area contributed by atoms with Gasteiger partial charge in [0.05, 0.1) is 5.69 Å². The zero-order valence-corrected chi connectivity index (χ0v) is 12.9. The second kappa shape index (κ2) is 6.71. The fourth-order valence-electron chi connectivity index (χ4n) is 2.65. The highest BCUT2D eigenvalue weighted by molar-refractivity contribution is 6.28. The van der Waals surface area contributed by atoms with Gasteiger partial charge in [-0.2, -0.15) is 0 Å². The van der Waals surface area contributed by atoms with Crippen LogP contribution in [0.15, 0.2) is 30.3 Å². The third kappa shape index (κ3) is 2.78. The fraction of sp³-hybridized carbons (Fsp3) is 0.375. The van der Waals surface area contributed by atoms with E-state index in [2.05, 4.69) is 39.6 Å². The zero-order valence-electron chi connectivity index (χ0n) is 12.2. The molecule has 20 heavy (non-hydrogen) atoms. The van der Waals surface area contributed by atoms with Crippen molar-refractivity contribution in [3.8, 4) is 0 Å². The summed E-state index contributed by atoms with van der Waals surface area (Å²) in [7, 11) is 1.87. The third-order valence-electron chi connectivity index (χ3n) is 3.46. The van der Waals surface area contributed by atoms with Crippen LogP contribution < -0.4 is 5.32 Å². The summed E-state index contributed by atoms with van der Waals surface area (Å²) in [5.41, 5.74) is 3.58. The van der Waals surface area contributed by atoms with Gasteiger partial charge in [-0.25, -0.2) is 9.97 Å². The summed E-state index contributed by atoms with van der Waals surface area (Å²) in [5, 5.41) is 3.42. The Morgan fingerprint density at radius 2 is 1.85 bits per heavy atom. The maximum atomic E-state index is 6.00. The molecule has 1 aromatic carbocycles. The van der Waals surface area contributed by atoms with Crippen molar-refractivity contribution in [2.75, 3.05) is 12.4 Å². The molecular weight excluding hydrogens is 270 g/mol. The van der Waals surface area contributed by atoms with Crippen LogP contribution in [-0.2, 0) is 6.42 Å². The SMILES string of the molecule is CC.CNc1nc(Cl)nc2c1CCC2c1ccccc1. The van der Waals surface area contributed by atoms with E-state index in [-0.39, 0.29) is 0 Å². The smallest absolute Gasteiger partial charge is 0.224 e. The van der Waals surface area contributed by atoms with Crippen molar-refractivity contribution in [1.82, 2.24) is 9.97 Å². The highest BCUT2D eigenvalue weighted by Crippen LogP contribution is 2.39. The first kappa shape index (κ1) is 14.8. The van der Waals surface area contributed by atoms with E-state index in [0.717, 1.165) is 24.4 Å². The van der Waals surface area contributed by atoms with Gasteiger partial charge in [-0.05, 0) is 30.0 Å². The maximum Gasteiger partial charge on any atom is 0.224 e. The van der Waals surface area contributed by atoms with Crippen molar-refractivity contribution in [3.05, 3.63) is 52.4 Å². The van der Waals surface area contributed by atoms with E-state index in [1.807, 2.05) is 27.0 Å². The summed E-state index contributed by atoms with van der Waals surface area (Å²) in [5.74, 6) is 1.21. The molecular formula is C16H20ClN3. The van der Waals surface area contributed by atoms with E-state index in [1.165, 1.54) is 11.1 Å². The molecule has 0 saturated heterocycles. The second-order valence-electron chi connectivity index (χ2n) is 4.46. The molecule has 0 amide bonds. The molecule has 3 rings (SSSR count). The molecule has 0 radical (unpaired) electrons. The first-order chi connectivity index (χ1) is 9.79. The van der Waals surface area contributed by atoms with Crippen molar-refractivity contribution >= 4 is 17.4 Å². The van der Waals surface area contributed by atoms with Gasteiger partial charge in [0.2, 0.25) is 5.28 Å². The maximum absolute atomic E-state index is 6.00. The number of benzene rings is 1. The van der Waals surface area contributed by atoms with Crippen LogP contribution in [0.3, 0.4) is 0 Å². The van der Waals surface area contributed by atoms with Crippen molar-refractivity contribution in [3.63, 3.8) is 0 Å². The Bertz CT molecular complexity index is 569. The molecule has 0 aliphatic heterocycles. The van der Waals surface area contributed by atoms with E-state index >= 15 is 0 Å². The fourth-order valence-corrected chi connectivity index (χ4v) is 2.83. The monoisotopic (exact) mass is 289 g/mol. The molecule has 1 aromatic heterocycles. The van der Waals surface area contributed by atoms with Gasteiger partial charge in [-0.3, -0.25) is 0 Å². The van der Waals surface area contributed by atoms with E-state index in [1.54, 1.807) is 0 Å². The van der Waals surface area contributed by atoms with E-state index in [4.69, 9.17) is 11.6 Å². The Labute approximate surface area is 125 Å². The molecule has 1 heterocycles. The molecule has 0 saturated carbocycles. The van der Waals surface area contributed by atoms with Crippen molar-refractivity contribution in [1.29, 1.82) is 0 Å². The van der Waals surface area contributed by atoms with E-state index in [0.29, 0.717) is 11.2 Å². The van der Waals surface area contributed by atoms with E-state index in [9.17, 15) is 0 Å². The first-order valence-corrected chi connectivity index (χ1v) is 7.46. The average Bonchev–Trinajstić information content (AvgIpc) is 2.93. The lowest BCUT2D eigenvalue weighted by molar-refractivity contribution is 0.771. The Morgan fingerprint density at radius 1 is 1.15 bits per heavy atom. The Kier molecular flexibility index (Phi) is 4.96. The average molecular weight is 290 g/mol. The lowest BCUT2D eigenvalue weighted by Crippen LogP contribution is -2.04. The number of nitrogens with one attached hydrogen (secondary N) is 1. The van der Waals surface area contributed by atoms with Crippen LogP contribution in [0.2, 0.25) is 5.28 Å².